The number of ketones is 1. The third-order valence-electron chi connectivity index (χ3n) is 5.41. The fourth-order valence-corrected chi connectivity index (χ4v) is 3.96. The highest BCUT2D eigenvalue weighted by molar-refractivity contribution is 6.00. The van der Waals surface area contributed by atoms with E-state index in [1.54, 1.807) is 0 Å². The molecular formula is C21H24N2O. The second-order valence-electron chi connectivity index (χ2n) is 7.15. The highest BCUT2D eigenvalue weighted by Gasteiger charge is 2.27. The van der Waals surface area contributed by atoms with Crippen LogP contribution in [0.25, 0.3) is 0 Å². The van der Waals surface area contributed by atoms with Gasteiger partial charge in [0.05, 0.1) is 6.04 Å². The average molecular weight is 320 g/mol. The summed E-state index contributed by atoms with van der Waals surface area (Å²) in [6.45, 7) is 6.04. The molecule has 0 spiro atoms. The largest absolute Gasteiger partial charge is 0.382 e. The lowest BCUT2D eigenvalue weighted by Gasteiger charge is -2.33. The van der Waals surface area contributed by atoms with Crippen molar-refractivity contribution in [2.45, 2.75) is 45.3 Å². The zero-order valence-electron chi connectivity index (χ0n) is 14.4. The molecule has 1 N–H and O–H groups in total. The molecule has 2 aromatic carbocycles. The van der Waals surface area contributed by atoms with Crippen LogP contribution in [0.3, 0.4) is 0 Å². The van der Waals surface area contributed by atoms with Crippen molar-refractivity contribution in [3.05, 3.63) is 64.7 Å². The first kappa shape index (κ1) is 15.4. The van der Waals surface area contributed by atoms with Gasteiger partial charge >= 0.3 is 0 Å². The summed E-state index contributed by atoms with van der Waals surface area (Å²) in [5.74, 6) is 0.233. The number of nitrogens with zero attached hydrogens (tertiary/aromatic N) is 1. The van der Waals surface area contributed by atoms with Crippen molar-refractivity contribution in [2.75, 3.05) is 11.9 Å². The maximum atomic E-state index is 13.0. The van der Waals surface area contributed by atoms with E-state index in [9.17, 15) is 4.79 Å². The molecule has 0 amide bonds. The Morgan fingerprint density at radius 3 is 2.79 bits per heavy atom. The van der Waals surface area contributed by atoms with Gasteiger partial charge in [0.1, 0.15) is 0 Å². The van der Waals surface area contributed by atoms with E-state index in [0.29, 0.717) is 6.04 Å². The highest BCUT2D eigenvalue weighted by atomic mass is 16.1. The standard InChI is InChI=1S/C21H24N2O/c1-14-11-19-12-17(7-8-20(19)22-14)21(24)15(2)23-10-9-16-5-3-4-6-18(16)13-23/h3-8,12,14-15,22H,9-11,13H2,1-2H3. The fraction of sp³-hybridized carbons (Fsp3) is 0.381. The van der Waals surface area contributed by atoms with E-state index in [2.05, 4.69) is 53.5 Å². The Morgan fingerprint density at radius 1 is 1.17 bits per heavy atom. The van der Waals surface area contributed by atoms with Gasteiger partial charge in [0, 0.05) is 30.4 Å². The van der Waals surface area contributed by atoms with Gasteiger partial charge in [-0.1, -0.05) is 24.3 Å². The van der Waals surface area contributed by atoms with Crippen LogP contribution in [0.1, 0.15) is 40.9 Å². The second-order valence-corrected chi connectivity index (χ2v) is 7.15. The van der Waals surface area contributed by atoms with E-state index >= 15 is 0 Å². The van der Waals surface area contributed by atoms with E-state index in [-0.39, 0.29) is 11.8 Å². The lowest BCUT2D eigenvalue weighted by atomic mass is 9.95. The molecule has 2 heterocycles. The van der Waals surface area contributed by atoms with Crippen molar-refractivity contribution in [1.82, 2.24) is 4.90 Å². The van der Waals surface area contributed by atoms with Crippen LogP contribution in [0.4, 0.5) is 5.69 Å². The molecule has 2 atom stereocenters. The number of anilines is 1. The molecule has 2 aromatic rings. The van der Waals surface area contributed by atoms with Gasteiger partial charge in [0.2, 0.25) is 0 Å². The lowest BCUT2D eigenvalue weighted by molar-refractivity contribution is 0.0819. The topological polar surface area (TPSA) is 32.3 Å². The van der Waals surface area contributed by atoms with Crippen molar-refractivity contribution in [3.8, 4) is 0 Å². The van der Waals surface area contributed by atoms with Crippen LogP contribution in [-0.2, 0) is 19.4 Å². The van der Waals surface area contributed by atoms with Crippen molar-refractivity contribution in [2.24, 2.45) is 0 Å². The quantitative estimate of drug-likeness (QED) is 0.876. The molecule has 2 unspecified atom stereocenters. The Kier molecular flexibility index (Phi) is 3.89. The van der Waals surface area contributed by atoms with Crippen LogP contribution in [0.2, 0.25) is 0 Å². The number of fused-ring (bicyclic) bond motifs is 2. The molecule has 0 radical (unpaired) electrons. The Labute approximate surface area is 143 Å². The summed E-state index contributed by atoms with van der Waals surface area (Å²) < 4.78 is 0. The maximum absolute atomic E-state index is 13.0. The molecule has 0 aliphatic carbocycles. The van der Waals surface area contributed by atoms with Crippen LogP contribution >= 0.6 is 0 Å². The van der Waals surface area contributed by atoms with Crippen LogP contribution in [-0.4, -0.2) is 29.3 Å². The number of nitrogens with one attached hydrogen (secondary N) is 1. The van der Waals surface area contributed by atoms with Crippen LogP contribution in [0.15, 0.2) is 42.5 Å². The fourth-order valence-electron chi connectivity index (χ4n) is 3.96. The van der Waals surface area contributed by atoms with Gasteiger partial charge in [-0.3, -0.25) is 9.69 Å². The summed E-state index contributed by atoms with van der Waals surface area (Å²) in [6, 6.07) is 15.1. The normalized spacial score (nSPS) is 20.8. The Hall–Kier alpha value is -2.13. The number of hydrogen-bond donors (Lipinski definition) is 1. The summed E-state index contributed by atoms with van der Waals surface area (Å²) >= 11 is 0. The minimum Gasteiger partial charge on any atom is -0.382 e. The second kappa shape index (κ2) is 6.06. The van der Waals surface area contributed by atoms with Crippen LogP contribution in [0.5, 0.6) is 0 Å². The molecule has 2 aliphatic rings. The number of carbonyl (C=O) groups excluding carboxylic acids is 1. The molecule has 3 heteroatoms. The van der Waals surface area contributed by atoms with Crippen LogP contribution < -0.4 is 5.32 Å². The predicted molar refractivity (Wildman–Crippen MR) is 97.6 cm³/mol. The number of rotatable bonds is 3. The predicted octanol–water partition coefficient (Wildman–Crippen LogP) is 3.67. The van der Waals surface area contributed by atoms with E-state index in [1.807, 2.05) is 13.0 Å². The van der Waals surface area contributed by atoms with Crippen LogP contribution in [0, 0.1) is 0 Å². The summed E-state index contributed by atoms with van der Waals surface area (Å²) in [4.78, 5) is 15.3. The number of Topliss-reactive ketones (excluding diaryl/α,β-unsaturated/α-hetero) is 1. The van der Waals surface area contributed by atoms with Gasteiger partial charge in [-0.2, -0.15) is 0 Å². The Bertz CT molecular complexity index is 783. The summed E-state index contributed by atoms with van der Waals surface area (Å²) in [5.41, 5.74) is 6.07. The zero-order valence-corrected chi connectivity index (χ0v) is 14.4. The van der Waals surface area contributed by atoms with Gasteiger partial charge < -0.3 is 5.32 Å². The maximum Gasteiger partial charge on any atom is 0.179 e. The molecule has 0 bridgehead atoms. The number of hydrogen-bond acceptors (Lipinski definition) is 3. The number of carbonyl (C=O) groups is 1. The average Bonchev–Trinajstić information content (AvgIpc) is 2.99. The molecule has 24 heavy (non-hydrogen) atoms. The lowest BCUT2D eigenvalue weighted by Crippen LogP contribution is -2.42. The molecule has 2 aliphatic heterocycles. The highest BCUT2D eigenvalue weighted by Crippen LogP contribution is 2.28. The molecule has 124 valence electrons. The van der Waals surface area contributed by atoms with E-state index in [0.717, 1.165) is 31.5 Å². The molecule has 0 aromatic heterocycles. The molecule has 0 saturated carbocycles. The molecule has 3 nitrogen and oxygen atoms in total. The van der Waals surface area contributed by atoms with Gasteiger partial charge in [0.25, 0.3) is 0 Å². The Morgan fingerprint density at radius 2 is 1.96 bits per heavy atom. The van der Waals surface area contributed by atoms with Crippen molar-refractivity contribution < 1.29 is 4.79 Å². The Balaban J connectivity index is 1.52. The SMILES string of the molecule is CC1Cc2cc(C(=O)C(C)N3CCc4ccccc4C3)ccc2N1. The summed E-state index contributed by atoms with van der Waals surface area (Å²) in [5, 5.41) is 3.45. The van der Waals surface area contributed by atoms with Gasteiger partial charge in [-0.15, -0.1) is 0 Å². The van der Waals surface area contributed by atoms with Crippen molar-refractivity contribution in [1.29, 1.82) is 0 Å². The third-order valence-corrected chi connectivity index (χ3v) is 5.41. The molecule has 0 fully saturated rings. The first-order valence-corrected chi connectivity index (χ1v) is 8.86. The molecular weight excluding hydrogens is 296 g/mol. The van der Waals surface area contributed by atoms with E-state index in [4.69, 9.17) is 0 Å². The molecule has 4 rings (SSSR count). The smallest absolute Gasteiger partial charge is 0.179 e. The first-order valence-electron chi connectivity index (χ1n) is 8.86. The van der Waals surface area contributed by atoms with Gasteiger partial charge in [0.15, 0.2) is 5.78 Å². The summed E-state index contributed by atoms with van der Waals surface area (Å²) in [7, 11) is 0. The van der Waals surface area contributed by atoms with Gasteiger partial charge in [-0.05, 0) is 61.6 Å². The van der Waals surface area contributed by atoms with Gasteiger partial charge in [-0.25, -0.2) is 0 Å². The van der Waals surface area contributed by atoms with Crippen molar-refractivity contribution >= 4 is 11.5 Å². The van der Waals surface area contributed by atoms with E-state index in [1.165, 1.54) is 22.4 Å². The summed E-state index contributed by atoms with van der Waals surface area (Å²) in [6.07, 6.45) is 2.03. The zero-order chi connectivity index (χ0) is 16.7. The minimum absolute atomic E-state index is 0.0804. The monoisotopic (exact) mass is 320 g/mol. The van der Waals surface area contributed by atoms with Crippen molar-refractivity contribution in [3.63, 3.8) is 0 Å². The minimum atomic E-state index is -0.0804. The third kappa shape index (κ3) is 2.73. The molecule has 0 saturated heterocycles. The first-order chi connectivity index (χ1) is 11.6. The van der Waals surface area contributed by atoms with E-state index < -0.39 is 0 Å². The number of benzene rings is 2.